The summed E-state index contributed by atoms with van der Waals surface area (Å²) in [4.78, 5) is 2.01. The number of ether oxygens (including phenoxy) is 1. The van der Waals surface area contributed by atoms with Crippen LogP contribution < -0.4 is 4.90 Å². The van der Waals surface area contributed by atoms with Crippen molar-refractivity contribution < 1.29 is 14.2 Å². The third-order valence-corrected chi connectivity index (χ3v) is 3.13. The lowest BCUT2D eigenvalue weighted by atomic mass is 10.1. The average molecular weight is 239 g/mol. The number of rotatable bonds is 3. The molecule has 0 spiro atoms. The number of aliphatic hydroxyl groups excluding tert-OH is 1. The second-order valence-electron chi connectivity index (χ2n) is 4.29. The van der Waals surface area contributed by atoms with Gasteiger partial charge in [0.15, 0.2) is 0 Å². The summed E-state index contributed by atoms with van der Waals surface area (Å²) in [5.41, 5.74) is 1.20. The number of halogens is 1. The third kappa shape index (κ3) is 2.76. The first-order valence-corrected chi connectivity index (χ1v) is 6.00. The Hall–Kier alpha value is -1.13. The van der Waals surface area contributed by atoms with Crippen molar-refractivity contribution in [2.45, 2.75) is 26.1 Å². The maximum absolute atomic E-state index is 13.9. The van der Waals surface area contributed by atoms with E-state index in [1.807, 2.05) is 4.90 Å². The molecule has 1 atom stereocenters. The SMILES string of the molecule is CCC1CN(c2ccc(CO)cc2F)CCO1. The van der Waals surface area contributed by atoms with Gasteiger partial charge in [0.25, 0.3) is 0 Å². The first-order chi connectivity index (χ1) is 8.24. The van der Waals surface area contributed by atoms with Gasteiger partial charge in [-0.2, -0.15) is 0 Å². The molecular weight excluding hydrogens is 221 g/mol. The summed E-state index contributed by atoms with van der Waals surface area (Å²) in [6.45, 7) is 4.02. The van der Waals surface area contributed by atoms with E-state index in [0.717, 1.165) is 13.0 Å². The summed E-state index contributed by atoms with van der Waals surface area (Å²) in [6, 6.07) is 4.89. The maximum Gasteiger partial charge on any atom is 0.146 e. The highest BCUT2D eigenvalue weighted by Gasteiger charge is 2.21. The van der Waals surface area contributed by atoms with Crippen molar-refractivity contribution in [3.63, 3.8) is 0 Å². The summed E-state index contributed by atoms with van der Waals surface area (Å²) in [7, 11) is 0. The summed E-state index contributed by atoms with van der Waals surface area (Å²) in [5, 5.41) is 8.94. The molecule has 1 aromatic rings. The van der Waals surface area contributed by atoms with E-state index in [1.165, 1.54) is 6.07 Å². The number of nitrogens with zero attached hydrogens (tertiary/aromatic N) is 1. The van der Waals surface area contributed by atoms with E-state index < -0.39 is 0 Å². The second-order valence-corrected chi connectivity index (χ2v) is 4.29. The van der Waals surface area contributed by atoms with Gasteiger partial charge >= 0.3 is 0 Å². The first kappa shape index (κ1) is 12.3. The van der Waals surface area contributed by atoms with Crippen LogP contribution in [0.2, 0.25) is 0 Å². The lowest BCUT2D eigenvalue weighted by molar-refractivity contribution is 0.0382. The summed E-state index contributed by atoms with van der Waals surface area (Å²) in [6.07, 6.45) is 1.12. The molecule has 2 rings (SSSR count). The van der Waals surface area contributed by atoms with Crippen LogP contribution in [0.4, 0.5) is 10.1 Å². The van der Waals surface area contributed by atoms with Crippen LogP contribution in [0.25, 0.3) is 0 Å². The monoisotopic (exact) mass is 239 g/mol. The molecule has 4 heteroatoms. The van der Waals surface area contributed by atoms with Gasteiger partial charge < -0.3 is 14.7 Å². The number of morpholine rings is 1. The molecule has 1 saturated heterocycles. The van der Waals surface area contributed by atoms with Gasteiger partial charge in [0.2, 0.25) is 0 Å². The molecule has 0 saturated carbocycles. The van der Waals surface area contributed by atoms with Gasteiger partial charge in [-0.15, -0.1) is 0 Å². The van der Waals surface area contributed by atoms with Crippen molar-refractivity contribution in [3.05, 3.63) is 29.6 Å². The van der Waals surface area contributed by atoms with Gasteiger partial charge in [-0.05, 0) is 24.1 Å². The standard InChI is InChI=1S/C13H18FNO2/c1-2-11-8-15(5-6-17-11)13-4-3-10(9-16)7-12(13)14/h3-4,7,11,16H,2,5-6,8-9H2,1H3. The molecule has 1 N–H and O–H groups in total. The zero-order valence-corrected chi connectivity index (χ0v) is 10.0. The van der Waals surface area contributed by atoms with E-state index in [-0.39, 0.29) is 18.5 Å². The molecule has 0 amide bonds. The Bertz CT molecular complexity index is 384. The van der Waals surface area contributed by atoms with Gasteiger partial charge in [0.05, 0.1) is 25.0 Å². The summed E-state index contributed by atoms with van der Waals surface area (Å²) in [5.74, 6) is -0.270. The highest BCUT2D eigenvalue weighted by molar-refractivity contribution is 5.49. The fourth-order valence-corrected chi connectivity index (χ4v) is 2.09. The quantitative estimate of drug-likeness (QED) is 0.875. The fourth-order valence-electron chi connectivity index (χ4n) is 2.09. The molecule has 0 aromatic heterocycles. The van der Waals surface area contributed by atoms with Crippen molar-refractivity contribution in [1.29, 1.82) is 0 Å². The number of aliphatic hydroxyl groups is 1. The maximum atomic E-state index is 13.9. The largest absolute Gasteiger partial charge is 0.392 e. The van der Waals surface area contributed by atoms with Crippen LogP contribution in [-0.4, -0.2) is 30.9 Å². The Kier molecular flexibility index (Phi) is 3.97. The Balaban J connectivity index is 2.16. The molecule has 1 fully saturated rings. The van der Waals surface area contributed by atoms with E-state index in [0.29, 0.717) is 24.4 Å². The number of hydrogen-bond acceptors (Lipinski definition) is 3. The molecule has 1 aromatic carbocycles. The molecule has 0 bridgehead atoms. The Morgan fingerprint density at radius 1 is 1.53 bits per heavy atom. The van der Waals surface area contributed by atoms with Gasteiger partial charge in [-0.3, -0.25) is 0 Å². The number of anilines is 1. The van der Waals surface area contributed by atoms with Gasteiger partial charge in [-0.25, -0.2) is 4.39 Å². The molecule has 0 radical (unpaired) electrons. The minimum Gasteiger partial charge on any atom is -0.392 e. The minimum atomic E-state index is -0.270. The Morgan fingerprint density at radius 2 is 2.35 bits per heavy atom. The van der Waals surface area contributed by atoms with Crippen LogP contribution in [0, 0.1) is 5.82 Å². The molecule has 0 aliphatic carbocycles. The van der Waals surface area contributed by atoms with E-state index >= 15 is 0 Å². The van der Waals surface area contributed by atoms with Crippen LogP contribution in [0.5, 0.6) is 0 Å². The van der Waals surface area contributed by atoms with Gasteiger partial charge in [0, 0.05) is 13.1 Å². The Morgan fingerprint density at radius 3 is 3.00 bits per heavy atom. The van der Waals surface area contributed by atoms with Gasteiger partial charge in [0.1, 0.15) is 5.82 Å². The zero-order chi connectivity index (χ0) is 12.3. The molecule has 1 aliphatic rings. The number of hydrogen-bond donors (Lipinski definition) is 1. The highest BCUT2D eigenvalue weighted by Crippen LogP contribution is 2.23. The topological polar surface area (TPSA) is 32.7 Å². The fraction of sp³-hybridized carbons (Fsp3) is 0.538. The molecule has 1 heterocycles. The predicted octanol–water partition coefficient (Wildman–Crippen LogP) is 1.93. The van der Waals surface area contributed by atoms with Crippen molar-refractivity contribution in [2.24, 2.45) is 0 Å². The Labute approximate surface area is 101 Å². The molecular formula is C13H18FNO2. The second kappa shape index (κ2) is 5.47. The van der Waals surface area contributed by atoms with Crippen molar-refractivity contribution in [2.75, 3.05) is 24.6 Å². The third-order valence-electron chi connectivity index (χ3n) is 3.13. The van der Waals surface area contributed by atoms with E-state index in [1.54, 1.807) is 12.1 Å². The van der Waals surface area contributed by atoms with E-state index in [9.17, 15) is 4.39 Å². The van der Waals surface area contributed by atoms with Gasteiger partial charge in [-0.1, -0.05) is 13.0 Å². The van der Waals surface area contributed by atoms with Crippen LogP contribution in [-0.2, 0) is 11.3 Å². The zero-order valence-electron chi connectivity index (χ0n) is 10.0. The molecule has 3 nitrogen and oxygen atoms in total. The van der Waals surface area contributed by atoms with E-state index in [4.69, 9.17) is 9.84 Å². The normalized spacial score (nSPS) is 20.6. The van der Waals surface area contributed by atoms with Crippen LogP contribution >= 0.6 is 0 Å². The lowest BCUT2D eigenvalue weighted by Gasteiger charge is -2.34. The minimum absolute atomic E-state index is 0.127. The van der Waals surface area contributed by atoms with Crippen molar-refractivity contribution >= 4 is 5.69 Å². The molecule has 1 aliphatic heterocycles. The predicted molar refractivity (Wildman–Crippen MR) is 64.6 cm³/mol. The average Bonchev–Trinajstić information content (AvgIpc) is 2.38. The number of benzene rings is 1. The molecule has 94 valence electrons. The lowest BCUT2D eigenvalue weighted by Crippen LogP contribution is -2.42. The van der Waals surface area contributed by atoms with Crippen molar-refractivity contribution in [1.82, 2.24) is 0 Å². The highest BCUT2D eigenvalue weighted by atomic mass is 19.1. The summed E-state index contributed by atoms with van der Waals surface area (Å²) >= 11 is 0. The summed E-state index contributed by atoms with van der Waals surface area (Å²) < 4.78 is 19.4. The van der Waals surface area contributed by atoms with Crippen molar-refractivity contribution in [3.8, 4) is 0 Å². The molecule has 1 unspecified atom stereocenters. The van der Waals surface area contributed by atoms with Crippen LogP contribution in [0.3, 0.4) is 0 Å². The first-order valence-electron chi connectivity index (χ1n) is 6.00. The van der Waals surface area contributed by atoms with Crippen LogP contribution in [0.1, 0.15) is 18.9 Å². The smallest absolute Gasteiger partial charge is 0.146 e. The van der Waals surface area contributed by atoms with Crippen LogP contribution in [0.15, 0.2) is 18.2 Å². The van der Waals surface area contributed by atoms with E-state index in [2.05, 4.69) is 6.92 Å². The molecule has 17 heavy (non-hydrogen) atoms.